The summed E-state index contributed by atoms with van der Waals surface area (Å²) in [5.41, 5.74) is 6.35. The van der Waals surface area contributed by atoms with E-state index in [4.69, 9.17) is 5.73 Å². The van der Waals surface area contributed by atoms with Gasteiger partial charge in [0, 0.05) is 6.07 Å². The Bertz CT molecular complexity index is 365. The van der Waals surface area contributed by atoms with E-state index in [1.807, 2.05) is 0 Å². The van der Waals surface area contributed by atoms with Gasteiger partial charge in [-0.3, -0.25) is 0 Å². The maximum atomic E-state index is 13.7. The molecule has 1 saturated carbocycles. The van der Waals surface area contributed by atoms with E-state index in [0.29, 0.717) is 18.0 Å². The topological polar surface area (TPSA) is 26.0 Å². The molecule has 0 bridgehead atoms. The van der Waals surface area contributed by atoms with E-state index in [1.54, 1.807) is 6.07 Å². The summed E-state index contributed by atoms with van der Waals surface area (Å²) >= 11 is 0. The molecule has 0 spiro atoms. The SMILES string of the molecule is NCC1CCCCC1c1ccc(F)cc1F. The first kappa shape index (κ1) is 11.5. The van der Waals surface area contributed by atoms with Crippen molar-refractivity contribution in [1.29, 1.82) is 0 Å². The number of hydrogen-bond acceptors (Lipinski definition) is 1. The van der Waals surface area contributed by atoms with Crippen LogP contribution in [-0.2, 0) is 0 Å². The molecule has 0 aromatic heterocycles. The predicted molar refractivity (Wildman–Crippen MR) is 60.1 cm³/mol. The number of halogens is 2. The highest BCUT2D eigenvalue weighted by Crippen LogP contribution is 2.38. The lowest BCUT2D eigenvalue weighted by atomic mass is 9.75. The smallest absolute Gasteiger partial charge is 0.129 e. The minimum atomic E-state index is -0.513. The summed E-state index contributed by atoms with van der Waals surface area (Å²) in [6.45, 7) is 0.585. The third-order valence-corrected chi connectivity index (χ3v) is 3.57. The van der Waals surface area contributed by atoms with Crippen molar-refractivity contribution in [1.82, 2.24) is 0 Å². The lowest BCUT2D eigenvalue weighted by Crippen LogP contribution is -2.25. The van der Waals surface area contributed by atoms with Crippen molar-refractivity contribution < 1.29 is 8.78 Å². The molecule has 0 saturated heterocycles. The van der Waals surface area contributed by atoms with Crippen LogP contribution < -0.4 is 5.73 Å². The van der Waals surface area contributed by atoms with Gasteiger partial charge >= 0.3 is 0 Å². The van der Waals surface area contributed by atoms with Crippen LogP contribution in [-0.4, -0.2) is 6.54 Å². The molecule has 2 atom stereocenters. The molecule has 2 rings (SSSR count). The molecule has 1 fully saturated rings. The zero-order valence-corrected chi connectivity index (χ0v) is 9.26. The van der Waals surface area contributed by atoms with Gasteiger partial charge in [-0.1, -0.05) is 18.9 Å². The van der Waals surface area contributed by atoms with Crippen molar-refractivity contribution in [2.45, 2.75) is 31.6 Å². The van der Waals surface area contributed by atoms with Crippen LogP contribution in [0, 0.1) is 17.6 Å². The largest absolute Gasteiger partial charge is 0.330 e. The Morgan fingerprint density at radius 1 is 1.19 bits per heavy atom. The molecular formula is C13H17F2N. The van der Waals surface area contributed by atoms with Crippen LogP contribution in [0.2, 0.25) is 0 Å². The lowest BCUT2D eigenvalue weighted by Gasteiger charge is -2.31. The van der Waals surface area contributed by atoms with Crippen LogP contribution in [0.5, 0.6) is 0 Å². The average Bonchev–Trinajstić information content (AvgIpc) is 2.29. The molecule has 2 unspecified atom stereocenters. The summed E-state index contributed by atoms with van der Waals surface area (Å²) in [5.74, 6) is -0.431. The number of hydrogen-bond donors (Lipinski definition) is 1. The maximum absolute atomic E-state index is 13.7. The Balaban J connectivity index is 2.27. The molecule has 0 heterocycles. The molecule has 0 radical (unpaired) electrons. The van der Waals surface area contributed by atoms with E-state index in [9.17, 15) is 8.78 Å². The van der Waals surface area contributed by atoms with Crippen LogP contribution in [0.1, 0.15) is 37.2 Å². The minimum absolute atomic E-state index is 0.166. The van der Waals surface area contributed by atoms with Crippen LogP contribution in [0.4, 0.5) is 8.78 Å². The van der Waals surface area contributed by atoms with E-state index in [1.165, 1.54) is 12.5 Å². The molecular weight excluding hydrogens is 208 g/mol. The Morgan fingerprint density at radius 3 is 2.62 bits per heavy atom. The van der Waals surface area contributed by atoms with Gasteiger partial charge in [-0.2, -0.15) is 0 Å². The van der Waals surface area contributed by atoms with Gasteiger partial charge in [0.05, 0.1) is 0 Å². The molecule has 16 heavy (non-hydrogen) atoms. The van der Waals surface area contributed by atoms with Gasteiger partial charge in [-0.25, -0.2) is 8.78 Å². The number of benzene rings is 1. The van der Waals surface area contributed by atoms with Gasteiger partial charge in [0.15, 0.2) is 0 Å². The van der Waals surface area contributed by atoms with Gasteiger partial charge in [-0.05, 0) is 42.9 Å². The summed E-state index contributed by atoms with van der Waals surface area (Å²) in [6, 6.07) is 3.88. The normalized spacial score (nSPS) is 25.7. The Hall–Kier alpha value is -0.960. The third kappa shape index (κ3) is 2.24. The summed E-state index contributed by atoms with van der Waals surface area (Å²) in [7, 11) is 0. The van der Waals surface area contributed by atoms with Crippen LogP contribution in [0.15, 0.2) is 18.2 Å². The van der Waals surface area contributed by atoms with Gasteiger partial charge < -0.3 is 5.73 Å². The van der Waals surface area contributed by atoms with Gasteiger partial charge in [0.1, 0.15) is 11.6 Å². The summed E-state index contributed by atoms with van der Waals surface area (Å²) in [5, 5.41) is 0. The Kier molecular flexibility index (Phi) is 3.54. The van der Waals surface area contributed by atoms with E-state index in [-0.39, 0.29) is 5.92 Å². The van der Waals surface area contributed by atoms with E-state index >= 15 is 0 Å². The zero-order valence-electron chi connectivity index (χ0n) is 9.26. The summed E-state index contributed by atoms with van der Waals surface area (Å²) < 4.78 is 26.5. The molecule has 1 aromatic carbocycles. The molecule has 1 aliphatic carbocycles. The van der Waals surface area contributed by atoms with Crippen molar-refractivity contribution in [3.8, 4) is 0 Å². The second-order valence-electron chi connectivity index (χ2n) is 4.55. The Labute approximate surface area is 94.7 Å². The van der Waals surface area contributed by atoms with Crippen molar-refractivity contribution in [3.05, 3.63) is 35.4 Å². The fraction of sp³-hybridized carbons (Fsp3) is 0.538. The monoisotopic (exact) mass is 225 g/mol. The summed E-state index contributed by atoms with van der Waals surface area (Å²) in [4.78, 5) is 0. The van der Waals surface area contributed by atoms with Gasteiger partial charge in [0.25, 0.3) is 0 Å². The standard InChI is InChI=1S/C13H17F2N/c14-10-5-6-12(13(15)7-10)11-4-2-1-3-9(11)8-16/h5-7,9,11H,1-4,8,16H2. The first-order valence-electron chi connectivity index (χ1n) is 5.87. The average molecular weight is 225 g/mol. The van der Waals surface area contributed by atoms with Crippen LogP contribution >= 0.6 is 0 Å². The van der Waals surface area contributed by atoms with E-state index in [0.717, 1.165) is 25.3 Å². The fourth-order valence-corrected chi connectivity index (χ4v) is 2.70. The van der Waals surface area contributed by atoms with Crippen molar-refractivity contribution in [3.63, 3.8) is 0 Å². The molecule has 1 aromatic rings. The van der Waals surface area contributed by atoms with E-state index < -0.39 is 11.6 Å². The van der Waals surface area contributed by atoms with Crippen molar-refractivity contribution in [2.24, 2.45) is 11.7 Å². The highest BCUT2D eigenvalue weighted by atomic mass is 19.1. The minimum Gasteiger partial charge on any atom is -0.330 e. The number of rotatable bonds is 2. The summed E-state index contributed by atoms with van der Waals surface area (Å²) in [6.07, 6.45) is 4.29. The molecule has 88 valence electrons. The second kappa shape index (κ2) is 4.91. The fourth-order valence-electron chi connectivity index (χ4n) is 2.70. The third-order valence-electron chi connectivity index (χ3n) is 3.57. The first-order chi connectivity index (χ1) is 7.72. The highest BCUT2D eigenvalue weighted by Gasteiger charge is 2.27. The van der Waals surface area contributed by atoms with Crippen molar-refractivity contribution in [2.75, 3.05) is 6.54 Å². The molecule has 2 N–H and O–H groups in total. The van der Waals surface area contributed by atoms with Crippen LogP contribution in [0.3, 0.4) is 0 Å². The van der Waals surface area contributed by atoms with Crippen molar-refractivity contribution >= 4 is 0 Å². The predicted octanol–water partition coefficient (Wildman–Crippen LogP) is 3.20. The Morgan fingerprint density at radius 2 is 1.94 bits per heavy atom. The number of nitrogens with two attached hydrogens (primary N) is 1. The first-order valence-corrected chi connectivity index (χ1v) is 5.87. The van der Waals surface area contributed by atoms with Gasteiger partial charge in [0.2, 0.25) is 0 Å². The molecule has 1 nitrogen and oxygen atoms in total. The lowest BCUT2D eigenvalue weighted by molar-refractivity contribution is 0.307. The second-order valence-corrected chi connectivity index (χ2v) is 4.55. The zero-order chi connectivity index (χ0) is 11.5. The van der Waals surface area contributed by atoms with Crippen LogP contribution in [0.25, 0.3) is 0 Å². The van der Waals surface area contributed by atoms with Gasteiger partial charge in [-0.15, -0.1) is 0 Å². The quantitative estimate of drug-likeness (QED) is 0.821. The molecule has 0 amide bonds. The highest BCUT2D eigenvalue weighted by molar-refractivity contribution is 5.24. The molecule has 0 aliphatic heterocycles. The molecule has 1 aliphatic rings. The maximum Gasteiger partial charge on any atom is 0.129 e. The molecule has 3 heteroatoms. The van der Waals surface area contributed by atoms with E-state index in [2.05, 4.69) is 0 Å².